The molecule has 0 aliphatic carbocycles. The second kappa shape index (κ2) is 6.00. The number of carboxylic acid groups (broad SMARTS) is 1. The molecule has 0 saturated heterocycles. The van der Waals surface area contributed by atoms with E-state index >= 15 is 0 Å². The van der Waals surface area contributed by atoms with E-state index in [4.69, 9.17) is 22.4 Å². The molecule has 1 unspecified atom stereocenters. The minimum absolute atomic E-state index is 0.00204. The molecule has 0 aliphatic rings. The fraction of sp³-hybridized carbons (Fsp3) is 0.333. The molecule has 0 heterocycles. The molecule has 1 aromatic rings. The summed E-state index contributed by atoms with van der Waals surface area (Å²) in [6.45, 7) is 1.64. The minimum atomic E-state index is -3.97. The molecule has 1 aromatic carbocycles. The lowest BCUT2D eigenvalue weighted by molar-refractivity contribution is 0.0696. The lowest BCUT2D eigenvalue weighted by Gasteiger charge is -2.28. The number of hydrogen-bond acceptors (Lipinski definition) is 4. The molecule has 2 amide bonds. The Balaban J connectivity index is 3.64. The first kappa shape index (κ1) is 17.4. The Labute approximate surface area is 127 Å². The van der Waals surface area contributed by atoms with Crippen molar-refractivity contribution in [2.24, 2.45) is 5.73 Å². The van der Waals surface area contributed by atoms with Crippen molar-refractivity contribution >= 4 is 39.3 Å². The lowest BCUT2D eigenvalue weighted by atomic mass is 10.2. The van der Waals surface area contributed by atoms with Gasteiger partial charge in [0.25, 0.3) is 0 Å². The highest BCUT2D eigenvalue weighted by atomic mass is 35.5. The van der Waals surface area contributed by atoms with E-state index in [2.05, 4.69) is 0 Å². The summed E-state index contributed by atoms with van der Waals surface area (Å²) in [4.78, 5) is 22.8. The van der Waals surface area contributed by atoms with Crippen LogP contribution in [0.3, 0.4) is 0 Å². The Morgan fingerprint density at radius 3 is 2.33 bits per heavy atom. The maximum atomic E-state index is 12.4. The van der Waals surface area contributed by atoms with Crippen molar-refractivity contribution in [1.29, 1.82) is 0 Å². The van der Waals surface area contributed by atoms with Crippen LogP contribution in [0.1, 0.15) is 23.7 Å². The average molecular weight is 336 g/mol. The predicted molar refractivity (Wildman–Crippen MR) is 79.8 cm³/mol. The molecule has 0 aromatic heterocycles. The SMILES string of the molecule is CCCS(=O)(=O)[N+](C)(C(N)=O)c1cc(Cl)cc(C(=O)O)c1. The van der Waals surface area contributed by atoms with Crippen LogP contribution in [0.25, 0.3) is 0 Å². The summed E-state index contributed by atoms with van der Waals surface area (Å²) < 4.78 is 23.5. The van der Waals surface area contributed by atoms with Gasteiger partial charge in [-0.3, -0.25) is 0 Å². The van der Waals surface area contributed by atoms with E-state index < -0.39 is 25.9 Å². The second-order valence-corrected chi connectivity index (χ2v) is 7.29. The van der Waals surface area contributed by atoms with Gasteiger partial charge in [-0.2, -0.15) is 8.42 Å². The first-order valence-electron chi connectivity index (χ1n) is 6.00. The van der Waals surface area contributed by atoms with Crippen LogP contribution >= 0.6 is 11.6 Å². The number of carboxylic acids is 1. The van der Waals surface area contributed by atoms with Gasteiger partial charge in [0.05, 0.1) is 12.6 Å². The van der Waals surface area contributed by atoms with Crippen LogP contribution < -0.4 is 9.62 Å². The summed E-state index contributed by atoms with van der Waals surface area (Å²) in [5, 5.41) is 9.02. The van der Waals surface area contributed by atoms with Crippen LogP contribution in [0, 0.1) is 0 Å². The Kier molecular flexibility index (Phi) is 4.98. The summed E-state index contributed by atoms with van der Waals surface area (Å²) in [6, 6.07) is 2.31. The van der Waals surface area contributed by atoms with Crippen molar-refractivity contribution < 1.29 is 23.1 Å². The Bertz CT molecular complexity index is 689. The van der Waals surface area contributed by atoms with Crippen LogP contribution in [0.5, 0.6) is 0 Å². The molecule has 3 N–H and O–H groups in total. The number of urea groups is 1. The summed E-state index contributed by atoms with van der Waals surface area (Å²) in [5.41, 5.74) is 4.92. The monoisotopic (exact) mass is 335 g/mol. The molecule has 116 valence electrons. The number of quaternary nitrogens is 1. The first-order chi connectivity index (χ1) is 9.56. The van der Waals surface area contributed by atoms with Crippen molar-refractivity contribution in [2.45, 2.75) is 13.3 Å². The molecule has 9 heteroatoms. The van der Waals surface area contributed by atoms with E-state index in [0.29, 0.717) is 0 Å². The maximum absolute atomic E-state index is 12.4. The summed E-state index contributed by atoms with van der Waals surface area (Å²) in [7, 11) is -2.87. The Morgan fingerprint density at radius 1 is 1.33 bits per heavy atom. The number of aromatic carboxylic acids is 1. The molecule has 0 saturated carbocycles. The standard InChI is InChI=1S/C12H15ClN2O5S/c1-3-4-21(19,20)15(2,12(14)18)10-6-8(11(16)17)5-9(13)7-10/h5-7H,3-4H2,1-2H3,(H2-,14,16,17,18)/p+1. The zero-order valence-corrected chi connectivity index (χ0v) is 13.1. The predicted octanol–water partition coefficient (Wildman–Crippen LogP) is 1.79. The zero-order chi connectivity index (χ0) is 16.4. The van der Waals surface area contributed by atoms with Gasteiger partial charge in [0.15, 0.2) is 5.69 Å². The van der Waals surface area contributed by atoms with Crippen LogP contribution in [0.2, 0.25) is 5.02 Å². The number of amides is 2. The third-order valence-corrected chi connectivity index (χ3v) is 5.71. The van der Waals surface area contributed by atoms with Gasteiger partial charge in [0.1, 0.15) is 5.75 Å². The van der Waals surface area contributed by atoms with Crippen molar-refractivity contribution in [3.05, 3.63) is 28.8 Å². The van der Waals surface area contributed by atoms with E-state index in [-0.39, 0.29) is 28.4 Å². The van der Waals surface area contributed by atoms with Crippen LogP contribution in [-0.4, -0.2) is 38.3 Å². The molecule has 21 heavy (non-hydrogen) atoms. The van der Waals surface area contributed by atoms with Crippen molar-refractivity contribution in [1.82, 2.24) is 3.89 Å². The highest BCUT2D eigenvalue weighted by Crippen LogP contribution is 2.30. The number of primary amides is 1. The topological polar surface area (TPSA) is 115 Å². The van der Waals surface area contributed by atoms with Crippen molar-refractivity contribution in [3.63, 3.8) is 0 Å². The molecule has 1 rings (SSSR count). The molecule has 0 fully saturated rings. The molecular formula is C12H16ClN2O5S+. The maximum Gasteiger partial charge on any atom is 0.434 e. The number of rotatable bonds is 5. The third kappa shape index (κ3) is 3.17. The highest BCUT2D eigenvalue weighted by molar-refractivity contribution is 7.91. The number of sulfonamides is 1. The van der Waals surface area contributed by atoms with Gasteiger partial charge < -0.3 is 10.8 Å². The number of carbonyl (C=O) groups is 2. The number of nitrogens with zero attached hydrogens (tertiary/aromatic N) is 1. The van der Waals surface area contributed by atoms with E-state index in [1.807, 2.05) is 0 Å². The summed E-state index contributed by atoms with van der Waals surface area (Å²) >= 11 is 5.81. The number of nitrogens with two attached hydrogens (primary N) is 1. The highest BCUT2D eigenvalue weighted by Gasteiger charge is 2.46. The normalized spacial score (nSPS) is 14.4. The van der Waals surface area contributed by atoms with Gasteiger partial charge >= 0.3 is 22.0 Å². The average Bonchev–Trinajstić information content (AvgIpc) is 2.36. The van der Waals surface area contributed by atoms with E-state index in [1.54, 1.807) is 6.92 Å². The van der Waals surface area contributed by atoms with Gasteiger partial charge in [0, 0.05) is 17.2 Å². The smallest absolute Gasteiger partial charge is 0.434 e. The van der Waals surface area contributed by atoms with Gasteiger partial charge in [-0.05, 0) is 12.5 Å². The number of benzene rings is 1. The summed E-state index contributed by atoms with van der Waals surface area (Å²) in [5.74, 6) is -1.57. The molecule has 0 bridgehead atoms. The van der Waals surface area contributed by atoms with Gasteiger partial charge in [-0.1, -0.05) is 18.5 Å². The third-order valence-electron chi connectivity index (χ3n) is 3.06. The number of halogens is 1. The molecule has 0 spiro atoms. The quantitative estimate of drug-likeness (QED) is 0.796. The van der Waals surface area contributed by atoms with E-state index in [1.165, 1.54) is 6.07 Å². The Morgan fingerprint density at radius 2 is 1.90 bits per heavy atom. The molecule has 1 atom stereocenters. The second-order valence-electron chi connectivity index (χ2n) is 4.55. The first-order valence-corrected chi connectivity index (χ1v) is 7.98. The molecule has 7 nitrogen and oxygen atoms in total. The minimum Gasteiger partial charge on any atom is -0.478 e. The van der Waals surface area contributed by atoms with Crippen LogP contribution in [0.4, 0.5) is 10.5 Å². The van der Waals surface area contributed by atoms with E-state index in [0.717, 1.165) is 19.2 Å². The molecule has 0 radical (unpaired) electrons. The largest absolute Gasteiger partial charge is 0.478 e. The molecule has 0 aliphatic heterocycles. The van der Waals surface area contributed by atoms with Gasteiger partial charge in [-0.15, -0.1) is 3.89 Å². The van der Waals surface area contributed by atoms with E-state index in [9.17, 15) is 18.0 Å². The van der Waals surface area contributed by atoms with Crippen molar-refractivity contribution in [2.75, 3.05) is 12.8 Å². The van der Waals surface area contributed by atoms with Crippen LogP contribution in [-0.2, 0) is 10.0 Å². The fourth-order valence-corrected chi connectivity index (χ4v) is 3.62. The lowest BCUT2D eigenvalue weighted by Crippen LogP contribution is -2.58. The van der Waals surface area contributed by atoms with Crippen LogP contribution in [0.15, 0.2) is 18.2 Å². The molecular weight excluding hydrogens is 320 g/mol. The number of carbonyl (C=O) groups excluding carboxylic acids is 1. The summed E-state index contributed by atoms with van der Waals surface area (Å²) in [6.07, 6.45) is 0.288. The van der Waals surface area contributed by atoms with Gasteiger partial charge in [-0.25, -0.2) is 9.59 Å². The zero-order valence-electron chi connectivity index (χ0n) is 11.5. The fourth-order valence-electron chi connectivity index (χ4n) is 1.81. The Hall–Kier alpha value is -1.64. The number of hydrogen-bond donors (Lipinski definition) is 2. The van der Waals surface area contributed by atoms with Gasteiger partial charge in [0.2, 0.25) is 0 Å². The van der Waals surface area contributed by atoms with Crippen molar-refractivity contribution in [3.8, 4) is 0 Å².